The van der Waals surface area contributed by atoms with Crippen molar-refractivity contribution in [3.05, 3.63) is 17.5 Å². The minimum Gasteiger partial charge on any atom is -0.316 e. The van der Waals surface area contributed by atoms with Crippen LogP contribution in [0.1, 0.15) is 12.8 Å². The van der Waals surface area contributed by atoms with Crippen molar-refractivity contribution in [1.82, 2.24) is 15.3 Å². The molecule has 1 aromatic heterocycles. The number of rotatable bonds is 3. The maximum Gasteiger partial charge on any atom is 0.133 e. The number of aromatic nitrogens is 2. The molecule has 0 aliphatic carbocycles. The predicted molar refractivity (Wildman–Crippen MR) is 63.9 cm³/mol. The number of nitrogens with zero attached hydrogens (tertiary/aromatic N) is 2. The SMILES string of the molecule is O=[S@](C[C@H]1CCCNC1)c1cc(Cl)ncn1. The number of halogens is 1. The Hall–Kier alpha value is -0.520. The predicted octanol–water partition coefficient (Wildman–Crippen LogP) is 1.24. The summed E-state index contributed by atoms with van der Waals surface area (Å²) >= 11 is 5.73. The van der Waals surface area contributed by atoms with Crippen molar-refractivity contribution >= 4 is 22.4 Å². The summed E-state index contributed by atoms with van der Waals surface area (Å²) in [7, 11) is -1.07. The molecule has 0 saturated carbocycles. The van der Waals surface area contributed by atoms with Gasteiger partial charge in [-0.2, -0.15) is 0 Å². The molecule has 4 nitrogen and oxygen atoms in total. The maximum atomic E-state index is 12.0. The molecule has 1 aliphatic heterocycles. The molecule has 1 aromatic rings. The standard InChI is InChI=1S/C10H14ClN3OS/c11-9-4-10(14-7-13-9)16(15)6-8-2-1-3-12-5-8/h4,7-8,12H,1-3,5-6H2/t8-,16+/m0/s1. The number of hydrogen-bond acceptors (Lipinski definition) is 4. The zero-order valence-electron chi connectivity index (χ0n) is 8.86. The highest BCUT2D eigenvalue weighted by Gasteiger charge is 2.17. The molecule has 2 heterocycles. The maximum absolute atomic E-state index is 12.0. The van der Waals surface area contributed by atoms with Crippen molar-refractivity contribution in [2.45, 2.75) is 17.9 Å². The van der Waals surface area contributed by atoms with Crippen molar-refractivity contribution in [3.63, 3.8) is 0 Å². The first-order valence-electron chi connectivity index (χ1n) is 5.32. The van der Waals surface area contributed by atoms with Crippen LogP contribution in [0.15, 0.2) is 17.4 Å². The summed E-state index contributed by atoms with van der Waals surface area (Å²) in [6.07, 6.45) is 3.65. The van der Waals surface area contributed by atoms with Gasteiger partial charge < -0.3 is 5.32 Å². The van der Waals surface area contributed by atoms with Gasteiger partial charge in [0.2, 0.25) is 0 Å². The highest BCUT2D eigenvalue weighted by Crippen LogP contribution is 2.15. The van der Waals surface area contributed by atoms with Crippen molar-refractivity contribution in [1.29, 1.82) is 0 Å². The van der Waals surface area contributed by atoms with Gasteiger partial charge in [0.15, 0.2) is 0 Å². The second-order valence-electron chi connectivity index (χ2n) is 3.90. The van der Waals surface area contributed by atoms with Gasteiger partial charge in [-0.25, -0.2) is 9.97 Å². The normalized spacial score (nSPS) is 22.9. The van der Waals surface area contributed by atoms with Gasteiger partial charge in [-0.15, -0.1) is 0 Å². The lowest BCUT2D eigenvalue weighted by Crippen LogP contribution is -2.32. The van der Waals surface area contributed by atoms with E-state index in [1.54, 1.807) is 6.07 Å². The van der Waals surface area contributed by atoms with Crippen LogP contribution in [0.3, 0.4) is 0 Å². The van der Waals surface area contributed by atoms with Crippen LogP contribution in [0.2, 0.25) is 5.15 Å². The van der Waals surface area contributed by atoms with Crippen molar-refractivity contribution < 1.29 is 4.21 Å². The number of piperidine rings is 1. The lowest BCUT2D eigenvalue weighted by atomic mass is 10.0. The molecular weight excluding hydrogens is 246 g/mol. The summed E-state index contributed by atoms with van der Waals surface area (Å²) in [6, 6.07) is 1.58. The third kappa shape index (κ3) is 3.23. The van der Waals surface area contributed by atoms with E-state index >= 15 is 0 Å². The van der Waals surface area contributed by atoms with E-state index in [2.05, 4.69) is 15.3 Å². The van der Waals surface area contributed by atoms with E-state index in [0.717, 1.165) is 25.9 Å². The Kier molecular flexibility index (Phi) is 4.26. The van der Waals surface area contributed by atoms with E-state index < -0.39 is 10.8 Å². The summed E-state index contributed by atoms with van der Waals surface area (Å²) in [5.41, 5.74) is 0. The van der Waals surface area contributed by atoms with Gasteiger partial charge in [-0.05, 0) is 31.8 Å². The first kappa shape index (κ1) is 12.0. The topological polar surface area (TPSA) is 54.9 Å². The van der Waals surface area contributed by atoms with Crippen LogP contribution in [-0.2, 0) is 10.8 Å². The van der Waals surface area contributed by atoms with Gasteiger partial charge in [0.05, 0.1) is 10.8 Å². The summed E-state index contributed by atoms with van der Waals surface area (Å²) in [5.74, 6) is 1.13. The first-order chi connectivity index (χ1) is 7.75. The van der Waals surface area contributed by atoms with Crippen LogP contribution in [-0.4, -0.2) is 33.0 Å². The summed E-state index contributed by atoms with van der Waals surface area (Å²) in [6.45, 7) is 2.02. The molecule has 2 rings (SSSR count). The van der Waals surface area contributed by atoms with E-state index in [9.17, 15) is 4.21 Å². The molecule has 88 valence electrons. The molecule has 1 fully saturated rings. The molecule has 0 spiro atoms. The van der Waals surface area contributed by atoms with Crippen LogP contribution in [0, 0.1) is 5.92 Å². The van der Waals surface area contributed by atoms with Gasteiger partial charge in [-0.3, -0.25) is 4.21 Å². The fourth-order valence-corrected chi connectivity index (χ4v) is 3.31. The Morgan fingerprint density at radius 1 is 1.56 bits per heavy atom. The fraction of sp³-hybridized carbons (Fsp3) is 0.600. The summed E-state index contributed by atoms with van der Waals surface area (Å²) in [4.78, 5) is 7.77. The fourth-order valence-electron chi connectivity index (χ4n) is 1.81. The number of hydrogen-bond donors (Lipinski definition) is 1. The van der Waals surface area contributed by atoms with E-state index in [1.807, 2.05) is 0 Å². The van der Waals surface area contributed by atoms with Crippen LogP contribution in [0.4, 0.5) is 0 Å². The Balaban J connectivity index is 1.97. The van der Waals surface area contributed by atoms with E-state index in [1.165, 1.54) is 6.33 Å². The molecular formula is C10H14ClN3OS. The molecule has 1 N–H and O–H groups in total. The first-order valence-corrected chi connectivity index (χ1v) is 7.02. The van der Waals surface area contributed by atoms with E-state index in [-0.39, 0.29) is 0 Å². The molecule has 0 aromatic carbocycles. The van der Waals surface area contributed by atoms with Gasteiger partial charge in [0.25, 0.3) is 0 Å². The monoisotopic (exact) mass is 259 g/mol. The quantitative estimate of drug-likeness (QED) is 0.830. The third-order valence-corrected chi connectivity index (χ3v) is 4.30. The Bertz CT molecular complexity index is 382. The minimum absolute atomic E-state index is 0.347. The van der Waals surface area contributed by atoms with Crippen LogP contribution in [0.25, 0.3) is 0 Å². The van der Waals surface area contributed by atoms with Gasteiger partial charge in [0, 0.05) is 11.8 Å². The Labute approximate surface area is 102 Å². The highest BCUT2D eigenvalue weighted by atomic mass is 35.5. The zero-order chi connectivity index (χ0) is 11.4. The molecule has 0 bridgehead atoms. The Morgan fingerprint density at radius 3 is 3.12 bits per heavy atom. The molecule has 0 unspecified atom stereocenters. The molecule has 0 radical (unpaired) electrons. The lowest BCUT2D eigenvalue weighted by Gasteiger charge is -2.21. The third-order valence-electron chi connectivity index (χ3n) is 2.63. The average molecular weight is 260 g/mol. The molecule has 1 saturated heterocycles. The van der Waals surface area contributed by atoms with E-state index in [4.69, 9.17) is 11.6 Å². The second-order valence-corrected chi connectivity index (χ2v) is 5.73. The zero-order valence-corrected chi connectivity index (χ0v) is 10.4. The highest BCUT2D eigenvalue weighted by molar-refractivity contribution is 7.85. The van der Waals surface area contributed by atoms with Crippen molar-refractivity contribution in [2.24, 2.45) is 5.92 Å². The molecule has 2 atom stereocenters. The van der Waals surface area contributed by atoms with Gasteiger partial charge in [-0.1, -0.05) is 11.6 Å². The van der Waals surface area contributed by atoms with Gasteiger partial charge in [0.1, 0.15) is 16.5 Å². The van der Waals surface area contributed by atoms with Crippen LogP contribution < -0.4 is 5.32 Å². The second kappa shape index (κ2) is 5.70. The Morgan fingerprint density at radius 2 is 2.44 bits per heavy atom. The summed E-state index contributed by atoms with van der Waals surface area (Å²) in [5, 5.41) is 4.19. The van der Waals surface area contributed by atoms with Crippen LogP contribution >= 0.6 is 11.6 Å². The largest absolute Gasteiger partial charge is 0.316 e. The molecule has 1 aliphatic rings. The minimum atomic E-state index is -1.07. The van der Waals surface area contributed by atoms with Crippen molar-refractivity contribution in [2.75, 3.05) is 18.8 Å². The molecule has 6 heteroatoms. The molecule has 0 amide bonds. The summed E-state index contributed by atoms with van der Waals surface area (Å²) < 4.78 is 12.0. The lowest BCUT2D eigenvalue weighted by molar-refractivity contribution is 0.408. The van der Waals surface area contributed by atoms with E-state index in [0.29, 0.717) is 21.8 Å². The van der Waals surface area contributed by atoms with Crippen LogP contribution in [0.5, 0.6) is 0 Å². The smallest absolute Gasteiger partial charge is 0.133 e. The van der Waals surface area contributed by atoms with Crippen molar-refractivity contribution in [3.8, 4) is 0 Å². The molecule has 16 heavy (non-hydrogen) atoms. The van der Waals surface area contributed by atoms with Gasteiger partial charge >= 0.3 is 0 Å². The number of nitrogens with one attached hydrogen (secondary N) is 1. The average Bonchev–Trinajstić information content (AvgIpc) is 2.30.